The minimum absolute atomic E-state index is 0.126. The number of carbonyl (C=O) groups excluding carboxylic acids is 1. The molecule has 0 aromatic carbocycles. The third-order valence-corrected chi connectivity index (χ3v) is 3.06. The van der Waals surface area contributed by atoms with E-state index in [1.807, 2.05) is 12.1 Å². The van der Waals surface area contributed by atoms with E-state index in [-0.39, 0.29) is 5.91 Å². The fraction of sp³-hybridized carbons (Fsp3) is 0.154. The molecule has 2 aromatic heterocycles. The Kier molecular flexibility index (Phi) is 4.41. The molecule has 92 valence electrons. The second-order valence-electron chi connectivity index (χ2n) is 3.71. The molecule has 0 saturated carbocycles. The average Bonchev–Trinajstić information content (AvgIpc) is 2.40. The van der Waals surface area contributed by atoms with E-state index in [4.69, 9.17) is 0 Å². The molecule has 0 aliphatic heterocycles. The minimum atomic E-state index is -0.126. The molecule has 2 heterocycles. The van der Waals surface area contributed by atoms with E-state index in [0.717, 1.165) is 12.0 Å². The first-order chi connectivity index (χ1) is 8.77. The van der Waals surface area contributed by atoms with E-state index in [2.05, 4.69) is 31.2 Å². The molecule has 4 nitrogen and oxygen atoms in total. The van der Waals surface area contributed by atoms with Crippen LogP contribution in [0.25, 0.3) is 0 Å². The summed E-state index contributed by atoms with van der Waals surface area (Å²) in [7, 11) is 0. The maximum absolute atomic E-state index is 11.9. The Morgan fingerprint density at radius 2 is 2.11 bits per heavy atom. The zero-order chi connectivity index (χ0) is 12.8. The van der Waals surface area contributed by atoms with Crippen LogP contribution in [0.1, 0.15) is 15.9 Å². The highest BCUT2D eigenvalue weighted by atomic mass is 79.9. The molecule has 18 heavy (non-hydrogen) atoms. The Hall–Kier alpha value is -1.75. The SMILES string of the molecule is O=C(NCCc1cccnc1)c1cccnc1Br. The van der Waals surface area contributed by atoms with Gasteiger partial charge in [-0.15, -0.1) is 0 Å². The summed E-state index contributed by atoms with van der Waals surface area (Å²) in [5, 5.41) is 2.85. The van der Waals surface area contributed by atoms with Crippen molar-refractivity contribution in [2.45, 2.75) is 6.42 Å². The molecule has 0 spiro atoms. The van der Waals surface area contributed by atoms with Gasteiger partial charge in [-0.05, 0) is 46.1 Å². The van der Waals surface area contributed by atoms with Crippen molar-refractivity contribution in [1.29, 1.82) is 0 Å². The Morgan fingerprint density at radius 1 is 1.28 bits per heavy atom. The van der Waals surface area contributed by atoms with Crippen LogP contribution in [0.5, 0.6) is 0 Å². The zero-order valence-electron chi connectivity index (χ0n) is 9.64. The highest BCUT2D eigenvalue weighted by Gasteiger charge is 2.09. The van der Waals surface area contributed by atoms with Crippen molar-refractivity contribution in [2.75, 3.05) is 6.54 Å². The molecular formula is C13H12BrN3O. The van der Waals surface area contributed by atoms with Crippen molar-refractivity contribution in [2.24, 2.45) is 0 Å². The number of pyridine rings is 2. The topological polar surface area (TPSA) is 54.9 Å². The lowest BCUT2D eigenvalue weighted by atomic mass is 10.2. The molecule has 0 radical (unpaired) electrons. The molecule has 0 saturated heterocycles. The maximum Gasteiger partial charge on any atom is 0.254 e. The van der Waals surface area contributed by atoms with Crippen LogP contribution in [0.4, 0.5) is 0 Å². The number of hydrogen-bond acceptors (Lipinski definition) is 3. The normalized spacial score (nSPS) is 10.1. The molecule has 1 N–H and O–H groups in total. The Balaban J connectivity index is 1.88. The van der Waals surface area contributed by atoms with Crippen LogP contribution in [0.15, 0.2) is 47.5 Å². The van der Waals surface area contributed by atoms with Crippen LogP contribution in [-0.4, -0.2) is 22.4 Å². The Bertz CT molecular complexity index is 531. The van der Waals surface area contributed by atoms with E-state index in [0.29, 0.717) is 16.7 Å². The van der Waals surface area contributed by atoms with Gasteiger partial charge in [-0.25, -0.2) is 4.98 Å². The van der Waals surface area contributed by atoms with Gasteiger partial charge in [-0.1, -0.05) is 6.07 Å². The van der Waals surface area contributed by atoms with Crippen LogP contribution in [0.3, 0.4) is 0 Å². The molecule has 0 unspecified atom stereocenters. The first-order valence-electron chi connectivity index (χ1n) is 5.55. The predicted molar refractivity (Wildman–Crippen MR) is 72.2 cm³/mol. The summed E-state index contributed by atoms with van der Waals surface area (Å²) in [6.45, 7) is 0.575. The Morgan fingerprint density at radius 3 is 2.83 bits per heavy atom. The van der Waals surface area contributed by atoms with Gasteiger partial charge >= 0.3 is 0 Å². The van der Waals surface area contributed by atoms with Crippen LogP contribution in [0, 0.1) is 0 Å². The van der Waals surface area contributed by atoms with Crippen molar-refractivity contribution in [3.8, 4) is 0 Å². The second-order valence-corrected chi connectivity index (χ2v) is 4.46. The fourth-order valence-corrected chi connectivity index (χ4v) is 1.95. The monoisotopic (exact) mass is 305 g/mol. The third-order valence-electron chi connectivity index (χ3n) is 2.43. The fourth-order valence-electron chi connectivity index (χ4n) is 1.52. The molecule has 0 atom stereocenters. The van der Waals surface area contributed by atoms with E-state index < -0.39 is 0 Å². The van der Waals surface area contributed by atoms with Crippen LogP contribution in [-0.2, 0) is 6.42 Å². The number of aromatic nitrogens is 2. The number of nitrogens with one attached hydrogen (secondary N) is 1. The van der Waals surface area contributed by atoms with E-state index >= 15 is 0 Å². The second kappa shape index (κ2) is 6.26. The largest absolute Gasteiger partial charge is 0.352 e. The van der Waals surface area contributed by atoms with Gasteiger partial charge in [-0.3, -0.25) is 9.78 Å². The molecular weight excluding hydrogens is 294 g/mol. The van der Waals surface area contributed by atoms with Gasteiger partial charge in [0.15, 0.2) is 0 Å². The van der Waals surface area contributed by atoms with Crippen molar-refractivity contribution in [3.05, 3.63) is 58.6 Å². The maximum atomic E-state index is 11.9. The molecule has 2 rings (SSSR count). The molecule has 2 aromatic rings. The summed E-state index contributed by atoms with van der Waals surface area (Å²) in [5.74, 6) is -0.126. The summed E-state index contributed by atoms with van der Waals surface area (Å²) < 4.78 is 0.559. The summed E-state index contributed by atoms with van der Waals surface area (Å²) in [5.41, 5.74) is 1.65. The van der Waals surface area contributed by atoms with Gasteiger partial charge < -0.3 is 5.32 Å². The summed E-state index contributed by atoms with van der Waals surface area (Å²) >= 11 is 3.25. The zero-order valence-corrected chi connectivity index (χ0v) is 11.2. The number of amides is 1. The van der Waals surface area contributed by atoms with Crippen molar-refractivity contribution in [3.63, 3.8) is 0 Å². The minimum Gasteiger partial charge on any atom is -0.352 e. The van der Waals surface area contributed by atoms with Crippen LogP contribution < -0.4 is 5.32 Å². The first-order valence-corrected chi connectivity index (χ1v) is 6.34. The number of halogens is 1. The van der Waals surface area contributed by atoms with Crippen LogP contribution in [0.2, 0.25) is 0 Å². The smallest absolute Gasteiger partial charge is 0.254 e. The quantitative estimate of drug-likeness (QED) is 0.881. The number of carbonyl (C=O) groups is 1. The van der Waals surface area contributed by atoms with E-state index in [1.54, 1.807) is 30.7 Å². The third kappa shape index (κ3) is 3.37. The molecule has 0 bridgehead atoms. The van der Waals surface area contributed by atoms with Crippen molar-refractivity contribution >= 4 is 21.8 Å². The van der Waals surface area contributed by atoms with Gasteiger partial charge in [0, 0.05) is 25.1 Å². The standard InChI is InChI=1S/C13H12BrN3O/c14-12-11(4-2-7-16-12)13(18)17-8-5-10-3-1-6-15-9-10/h1-4,6-7,9H,5,8H2,(H,17,18). The number of rotatable bonds is 4. The van der Waals surface area contributed by atoms with Crippen molar-refractivity contribution in [1.82, 2.24) is 15.3 Å². The summed E-state index contributed by atoms with van der Waals surface area (Å²) in [6.07, 6.45) is 5.93. The first kappa shape index (κ1) is 12.7. The molecule has 5 heteroatoms. The van der Waals surface area contributed by atoms with Crippen molar-refractivity contribution < 1.29 is 4.79 Å². The molecule has 0 aliphatic carbocycles. The predicted octanol–water partition coefficient (Wildman–Crippen LogP) is 2.21. The highest BCUT2D eigenvalue weighted by molar-refractivity contribution is 9.10. The van der Waals surface area contributed by atoms with Gasteiger partial charge in [0.2, 0.25) is 0 Å². The Labute approximate surface area is 114 Å². The average molecular weight is 306 g/mol. The van der Waals surface area contributed by atoms with Crippen LogP contribution >= 0.6 is 15.9 Å². The summed E-state index contributed by atoms with van der Waals surface area (Å²) in [6, 6.07) is 7.34. The lowest BCUT2D eigenvalue weighted by molar-refractivity contribution is 0.0953. The van der Waals surface area contributed by atoms with E-state index in [9.17, 15) is 4.79 Å². The van der Waals surface area contributed by atoms with Gasteiger partial charge in [0.05, 0.1) is 5.56 Å². The number of hydrogen-bond donors (Lipinski definition) is 1. The molecule has 0 fully saturated rings. The lowest BCUT2D eigenvalue weighted by Gasteiger charge is -2.06. The van der Waals surface area contributed by atoms with Gasteiger partial charge in [0.1, 0.15) is 4.60 Å². The van der Waals surface area contributed by atoms with Gasteiger partial charge in [-0.2, -0.15) is 0 Å². The van der Waals surface area contributed by atoms with E-state index in [1.165, 1.54) is 0 Å². The lowest BCUT2D eigenvalue weighted by Crippen LogP contribution is -2.26. The summed E-state index contributed by atoms with van der Waals surface area (Å²) in [4.78, 5) is 19.9. The van der Waals surface area contributed by atoms with Gasteiger partial charge in [0.25, 0.3) is 5.91 Å². The highest BCUT2D eigenvalue weighted by Crippen LogP contribution is 2.11. The number of nitrogens with zero attached hydrogens (tertiary/aromatic N) is 2. The molecule has 1 amide bonds. The molecule has 0 aliphatic rings.